The Kier molecular flexibility index (Phi) is 8.63. The van der Waals surface area contributed by atoms with Gasteiger partial charge in [-0.2, -0.15) is 0 Å². The van der Waals surface area contributed by atoms with E-state index in [4.69, 9.17) is 4.98 Å². The number of carbonyl (C=O) groups is 2. The number of hydrogen-bond acceptors (Lipinski definition) is 6. The van der Waals surface area contributed by atoms with E-state index in [9.17, 15) is 14.0 Å². The van der Waals surface area contributed by atoms with Crippen LogP contribution < -0.4 is 0 Å². The van der Waals surface area contributed by atoms with Gasteiger partial charge in [-0.1, -0.05) is 55.9 Å². The zero-order chi connectivity index (χ0) is 28.2. The van der Waals surface area contributed by atoms with Crippen LogP contribution in [0.15, 0.2) is 53.7 Å². The first-order valence-corrected chi connectivity index (χ1v) is 14.9. The van der Waals surface area contributed by atoms with Crippen molar-refractivity contribution in [3.63, 3.8) is 0 Å². The average molecular weight is 563 g/mol. The van der Waals surface area contributed by atoms with Gasteiger partial charge in [0, 0.05) is 55.7 Å². The molecule has 1 atom stereocenters. The first-order chi connectivity index (χ1) is 19.3. The third kappa shape index (κ3) is 6.11. The van der Waals surface area contributed by atoms with Crippen molar-refractivity contribution in [2.45, 2.75) is 57.8 Å². The van der Waals surface area contributed by atoms with E-state index in [2.05, 4.69) is 14.8 Å². The predicted octanol–water partition coefficient (Wildman–Crippen LogP) is 5.14. The standard InChI is InChI=1S/C30H35FN6O2S/c1-20(2)29(39)36-16-15-35(18-21(36)3)26(38)10-6-7-17-40-30-32-28-27(33-34-30)24-8-4-5-9-25(24)37(28)19-22-11-13-23(31)14-12-22/h4-5,8-9,11-14,20-21H,6-7,10,15-19H2,1-3H3. The molecule has 5 rings (SSSR count). The van der Waals surface area contributed by atoms with Gasteiger partial charge >= 0.3 is 0 Å². The third-order valence-electron chi connectivity index (χ3n) is 7.38. The predicted molar refractivity (Wildman–Crippen MR) is 155 cm³/mol. The van der Waals surface area contributed by atoms with Gasteiger partial charge in [-0.25, -0.2) is 9.37 Å². The molecule has 2 aromatic carbocycles. The van der Waals surface area contributed by atoms with E-state index < -0.39 is 0 Å². The molecule has 8 nitrogen and oxygen atoms in total. The minimum atomic E-state index is -0.259. The molecule has 1 unspecified atom stereocenters. The second-order valence-corrected chi connectivity index (χ2v) is 11.7. The number of piperazine rings is 1. The average Bonchev–Trinajstić information content (AvgIpc) is 3.26. The number of halogens is 1. The van der Waals surface area contributed by atoms with E-state index in [1.165, 1.54) is 23.9 Å². The van der Waals surface area contributed by atoms with Crippen molar-refractivity contribution in [1.82, 2.24) is 29.5 Å². The first-order valence-electron chi connectivity index (χ1n) is 13.9. The summed E-state index contributed by atoms with van der Waals surface area (Å²) in [6.45, 7) is 8.19. The van der Waals surface area contributed by atoms with Crippen molar-refractivity contribution in [3.05, 3.63) is 59.9 Å². The molecule has 10 heteroatoms. The molecule has 0 spiro atoms. The summed E-state index contributed by atoms with van der Waals surface area (Å²) in [5.74, 6) is 0.803. The Bertz CT molecular complexity index is 1510. The number of aromatic nitrogens is 4. The number of unbranched alkanes of at least 4 members (excludes halogenated alkanes) is 1. The van der Waals surface area contributed by atoms with Crippen LogP contribution in [0.5, 0.6) is 0 Å². The minimum Gasteiger partial charge on any atom is -0.339 e. The molecule has 0 aliphatic carbocycles. The summed E-state index contributed by atoms with van der Waals surface area (Å²) >= 11 is 1.54. The summed E-state index contributed by atoms with van der Waals surface area (Å²) in [6, 6.07) is 14.6. The highest BCUT2D eigenvalue weighted by Crippen LogP contribution is 2.28. The van der Waals surface area contributed by atoms with E-state index in [0.29, 0.717) is 37.8 Å². The third-order valence-corrected chi connectivity index (χ3v) is 8.31. The Labute approximate surface area is 237 Å². The monoisotopic (exact) mass is 562 g/mol. The molecule has 1 aliphatic heterocycles. The van der Waals surface area contributed by atoms with Gasteiger partial charge in [-0.05, 0) is 43.5 Å². The second-order valence-electron chi connectivity index (χ2n) is 10.7. The number of thioether (sulfide) groups is 1. The van der Waals surface area contributed by atoms with Gasteiger partial charge in [-0.3, -0.25) is 9.59 Å². The Morgan fingerprint density at radius 2 is 1.82 bits per heavy atom. The number of fused-ring (bicyclic) bond motifs is 3. The molecular weight excluding hydrogens is 527 g/mol. The molecule has 0 radical (unpaired) electrons. The molecule has 0 bridgehead atoms. The molecule has 0 saturated carbocycles. The van der Waals surface area contributed by atoms with Crippen molar-refractivity contribution in [2.75, 3.05) is 25.4 Å². The van der Waals surface area contributed by atoms with Gasteiger partial charge < -0.3 is 14.4 Å². The first kappa shape index (κ1) is 28.0. The van der Waals surface area contributed by atoms with Crippen LogP contribution >= 0.6 is 11.8 Å². The lowest BCUT2D eigenvalue weighted by Crippen LogP contribution is -2.56. The molecule has 40 heavy (non-hydrogen) atoms. The Morgan fingerprint density at radius 1 is 1.05 bits per heavy atom. The van der Waals surface area contributed by atoms with Gasteiger partial charge in [0.1, 0.15) is 11.3 Å². The van der Waals surface area contributed by atoms with Crippen molar-refractivity contribution in [1.29, 1.82) is 0 Å². The number of benzene rings is 2. The van der Waals surface area contributed by atoms with Crippen LogP contribution in [0.25, 0.3) is 22.1 Å². The van der Waals surface area contributed by atoms with Gasteiger partial charge in [0.15, 0.2) is 5.65 Å². The second kappa shape index (κ2) is 12.3. The van der Waals surface area contributed by atoms with Crippen LogP contribution in [0.1, 0.15) is 45.6 Å². The largest absolute Gasteiger partial charge is 0.339 e. The molecule has 1 fully saturated rings. The molecule has 2 aromatic heterocycles. The number of rotatable bonds is 9. The highest BCUT2D eigenvalue weighted by atomic mass is 32.2. The topological polar surface area (TPSA) is 84.2 Å². The van der Waals surface area contributed by atoms with Crippen LogP contribution in [-0.2, 0) is 16.1 Å². The molecule has 0 N–H and O–H groups in total. The molecular formula is C30H35FN6O2S. The summed E-state index contributed by atoms with van der Waals surface area (Å²) in [5.41, 5.74) is 3.48. The maximum atomic E-state index is 13.4. The fourth-order valence-electron chi connectivity index (χ4n) is 5.23. The minimum absolute atomic E-state index is 0.0275. The lowest BCUT2D eigenvalue weighted by atomic mass is 10.1. The maximum absolute atomic E-state index is 13.4. The molecule has 2 amide bonds. The van der Waals surface area contributed by atoms with Crippen molar-refractivity contribution in [3.8, 4) is 0 Å². The van der Waals surface area contributed by atoms with Crippen molar-refractivity contribution in [2.24, 2.45) is 5.92 Å². The van der Waals surface area contributed by atoms with E-state index in [0.717, 1.165) is 46.2 Å². The summed E-state index contributed by atoms with van der Waals surface area (Å²) in [4.78, 5) is 33.8. The van der Waals surface area contributed by atoms with E-state index >= 15 is 0 Å². The summed E-state index contributed by atoms with van der Waals surface area (Å²) in [6.07, 6.45) is 2.14. The van der Waals surface area contributed by atoms with Gasteiger partial charge in [0.25, 0.3) is 0 Å². The summed E-state index contributed by atoms with van der Waals surface area (Å²) in [7, 11) is 0. The van der Waals surface area contributed by atoms with Gasteiger partial charge in [0.05, 0.1) is 5.52 Å². The van der Waals surface area contributed by atoms with E-state index in [1.54, 1.807) is 12.1 Å². The van der Waals surface area contributed by atoms with Crippen LogP contribution in [0, 0.1) is 11.7 Å². The number of amides is 2. The molecule has 3 heterocycles. The van der Waals surface area contributed by atoms with E-state index in [-0.39, 0.29) is 29.6 Å². The lowest BCUT2D eigenvalue weighted by molar-refractivity contribution is -0.144. The van der Waals surface area contributed by atoms with Gasteiger partial charge in [-0.15, -0.1) is 10.2 Å². The zero-order valence-corrected chi connectivity index (χ0v) is 24.0. The zero-order valence-electron chi connectivity index (χ0n) is 23.2. The molecule has 210 valence electrons. The highest BCUT2D eigenvalue weighted by molar-refractivity contribution is 7.99. The van der Waals surface area contributed by atoms with Crippen molar-refractivity contribution >= 4 is 45.6 Å². The van der Waals surface area contributed by atoms with Crippen LogP contribution in [0.3, 0.4) is 0 Å². The molecule has 4 aromatic rings. The number of hydrogen-bond donors (Lipinski definition) is 0. The van der Waals surface area contributed by atoms with Crippen LogP contribution in [0.4, 0.5) is 4.39 Å². The number of carbonyl (C=O) groups excluding carboxylic acids is 2. The fourth-order valence-corrected chi connectivity index (χ4v) is 6.01. The maximum Gasteiger partial charge on any atom is 0.225 e. The van der Waals surface area contributed by atoms with Crippen molar-refractivity contribution < 1.29 is 14.0 Å². The number of para-hydroxylation sites is 1. The quantitative estimate of drug-likeness (QED) is 0.207. The normalized spacial score (nSPS) is 15.9. The smallest absolute Gasteiger partial charge is 0.225 e. The fraction of sp³-hybridized carbons (Fsp3) is 0.433. The molecule has 1 aliphatic rings. The van der Waals surface area contributed by atoms with E-state index in [1.807, 2.05) is 54.8 Å². The Hall–Kier alpha value is -3.53. The van der Waals surface area contributed by atoms with Gasteiger partial charge in [0.2, 0.25) is 17.0 Å². The lowest BCUT2D eigenvalue weighted by Gasteiger charge is -2.40. The van der Waals surface area contributed by atoms with Crippen LogP contribution in [-0.4, -0.2) is 72.8 Å². The SMILES string of the molecule is CC(C)C(=O)N1CCN(C(=O)CCCCSc2nnc3c4ccccc4n(Cc4ccc(F)cc4)c3n2)CC1C. The highest BCUT2D eigenvalue weighted by Gasteiger charge is 2.30. The Morgan fingerprint density at radius 3 is 2.58 bits per heavy atom. The molecule has 1 saturated heterocycles. The summed E-state index contributed by atoms with van der Waals surface area (Å²) < 4.78 is 15.5. The van der Waals surface area contributed by atoms with Crippen LogP contribution in [0.2, 0.25) is 0 Å². The number of nitrogens with zero attached hydrogens (tertiary/aromatic N) is 6. The summed E-state index contributed by atoms with van der Waals surface area (Å²) in [5, 5.41) is 10.5. The Balaban J connectivity index is 1.17.